The lowest BCUT2D eigenvalue weighted by atomic mass is 10.0. The van der Waals surface area contributed by atoms with E-state index >= 15 is 0 Å². The van der Waals surface area contributed by atoms with Crippen LogP contribution in [-0.2, 0) is 11.4 Å². The number of nitrogens with zero attached hydrogens (tertiary/aromatic N) is 2. The molecule has 4 heteroatoms. The number of hydrogen-bond acceptors (Lipinski definition) is 2. The van der Waals surface area contributed by atoms with E-state index in [4.69, 9.17) is 16.3 Å². The highest BCUT2D eigenvalue weighted by Crippen LogP contribution is 2.32. The van der Waals surface area contributed by atoms with Gasteiger partial charge in [-0.05, 0) is 32.4 Å². The van der Waals surface area contributed by atoms with E-state index in [9.17, 15) is 0 Å². The number of rotatable bonds is 4. The molecule has 0 aliphatic rings. The average Bonchev–Trinajstić information content (AvgIpc) is 2.77. The van der Waals surface area contributed by atoms with Crippen LogP contribution in [0.15, 0.2) is 18.2 Å². The van der Waals surface area contributed by atoms with Crippen molar-refractivity contribution < 1.29 is 4.74 Å². The molecule has 98 valence electrons. The minimum Gasteiger partial charge on any atom is -0.494 e. The van der Waals surface area contributed by atoms with Crippen molar-refractivity contribution in [3.8, 4) is 5.75 Å². The van der Waals surface area contributed by atoms with E-state index in [1.54, 1.807) is 7.11 Å². The summed E-state index contributed by atoms with van der Waals surface area (Å²) < 4.78 is 7.59. The molecule has 18 heavy (non-hydrogen) atoms. The predicted octanol–water partition coefficient (Wildman–Crippen LogP) is 3.93. The van der Waals surface area contributed by atoms with E-state index in [2.05, 4.69) is 36.4 Å². The quantitative estimate of drug-likeness (QED) is 0.784. The molecule has 1 heterocycles. The molecular formula is C14H19ClN2O. The number of alkyl halides is 1. The van der Waals surface area contributed by atoms with E-state index in [0.29, 0.717) is 5.88 Å². The summed E-state index contributed by atoms with van der Waals surface area (Å²) in [5.74, 6) is 2.09. The normalized spacial score (nSPS) is 12.1. The van der Waals surface area contributed by atoms with E-state index in [-0.39, 0.29) is 5.54 Å². The first-order valence-corrected chi connectivity index (χ1v) is 6.69. The van der Waals surface area contributed by atoms with Crippen molar-refractivity contribution in [1.29, 1.82) is 0 Å². The minimum absolute atomic E-state index is 0.00859. The topological polar surface area (TPSA) is 27.1 Å². The highest BCUT2D eigenvalue weighted by Gasteiger charge is 2.24. The average molecular weight is 267 g/mol. The summed E-state index contributed by atoms with van der Waals surface area (Å²) in [5, 5.41) is 0. The molecular weight excluding hydrogens is 248 g/mol. The highest BCUT2D eigenvalue weighted by atomic mass is 35.5. The summed E-state index contributed by atoms with van der Waals surface area (Å²) in [4.78, 5) is 4.62. The molecule has 0 bridgehead atoms. The second-order valence-corrected chi connectivity index (χ2v) is 5.26. The Labute approximate surface area is 113 Å². The number of para-hydroxylation sites is 1. The van der Waals surface area contributed by atoms with Crippen LogP contribution in [0.2, 0.25) is 0 Å². The minimum atomic E-state index is -0.00859. The van der Waals surface area contributed by atoms with Crippen LogP contribution in [0.1, 0.15) is 33.0 Å². The van der Waals surface area contributed by atoms with Crippen molar-refractivity contribution in [2.45, 2.75) is 38.6 Å². The van der Waals surface area contributed by atoms with Gasteiger partial charge in [-0.3, -0.25) is 0 Å². The largest absolute Gasteiger partial charge is 0.494 e. The molecule has 0 N–H and O–H groups in total. The number of fused-ring (bicyclic) bond motifs is 1. The summed E-state index contributed by atoms with van der Waals surface area (Å²) in [6.07, 6.45) is 1.01. The van der Waals surface area contributed by atoms with Crippen LogP contribution in [0, 0.1) is 0 Å². The Balaban J connectivity index is 2.79. The van der Waals surface area contributed by atoms with Crippen molar-refractivity contribution in [2.24, 2.45) is 0 Å². The number of methoxy groups -OCH3 is 1. The third-order valence-electron chi connectivity index (χ3n) is 3.53. The van der Waals surface area contributed by atoms with Gasteiger partial charge in [0.1, 0.15) is 17.1 Å². The first kappa shape index (κ1) is 13.2. The zero-order valence-corrected chi connectivity index (χ0v) is 12.1. The molecule has 0 unspecified atom stereocenters. The zero-order chi connectivity index (χ0) is 13.3. The van der Waals surface area contributed by atoms with Gasteiger partial charge in [0.05, 0.1) is 18.5 Å². The highest BCUT2D eigenvalue weighted by molar-refractivity contribution is 6.16. The summed E-state index contributed by atoms with van der Waals surface area (Å²) in [6.45, 7) is 6.57. The smallest absolute Gasteiger partial charge is 0.146 e. The number of ether oxygens (including phenoxy) is 1. The second kappa shape index (κ2) is 4.81. The van der Waals surface area contributed by atoms with E-state index < -0.39 is 0 Å². The molecule has 0 radical (unpaired) electrons. The Bertz CT molecular complexity index is 560. The zero-order valence-electron chi connectivity index (χ0n) is 11.3. The van der Waals surface area contributed by atoms with Crippen molar-refractivity contribution in [1.82, 2.24) is 9.55 Å². The van der Waals surface area contributed by atoms with Gasteiger partial charge in [0.2, 0.25) is 0 Å². The molecule has 0 aliphatic carbocycles. The molecule has 0 saturated carbocycles. The predicted molar refractivity (Wildman–Crippen MR) is 75.5 cm³/mol. The number of hydrogen-bond donors (Lipinski definition) is 0. The van der Waals surface area contributed by atoms with Gasteiger partial charge < -0.3 is 9.30 Å². The fraction of sp³-hybridized carbons (Fsp3) is 0.500. The summed E-state index contributed by atoms with van der Waals surface area (Å²) >= 11 is 6.04. The van der Waals surface area contributed by atoms with E-state index in [1.807, 2.05) is 12.1 Å². The van der Waals surface area contributed by atoms with Gasteiger partial charge in [0.25, 0.3) is 0 Å². The molecule has 0 saturated heterocycles. The molecule has 3 nitrogen and oxygen atoms in total. The van der Waals surface area contributed by atoms with Crippen molar-refractivity contribution >= 4 is 22.6 Å². The van der Waals surface area contributed by atoms with Crippen molar-refractivity contribution in [2.75, 3.05) is 7.11 Å². The van der Waals surface area contributed by atoms with Gasteiger partial charge in [-0.15, -0.1) is 11.6 Å². The van der Waals surface area contributed by atoms with Gasteiger partial charge in [-0.2, -0.15) is 0 Å². The summed E-state index contributed by atoms with van der Waals surface area (Å²) in [7, 11) is 1.67. The Morgan fingerprint density at radius 1 is 1.39 bits per heavy atom. The van der Waals surface area contributed by atoms with Crippen LogP contribution in [0.3, 0.4) is 0 Å². The number of imidazole rings is 1. The maximum atomic E-state index is 6.04. The Morgan fingerprint density at radius 2 is 2.11 bits per heavy atom. The fourth-order valence-electron chi connectivity index (χ4n) is 2.21. The first-order chi connectivity index (χ1) is 8.55. The molecule has 0 atom stereocenters. The Morgan fingerprint density at radius 3 is 2.67 bits per heavy atom. The second-order valence-electron chi connectivity index (χ2n) is 4.99. The number of aromatic nitrogens is 2. The lowest BCUT2D eigenvalue weighted by molar-refractivity contribution is 0.344. The first-order valence-electron chi connectivity index (χ1n) is 6.16. The Kier molecular flexibility index (Phi) is 3.53. The molecule has 2 rings (SSSR count). The molecule has 2 aromatic rings. The number of benzene rings is 1. The van der Waals surface area contributed by atoms with Crippen LogP contribution in [0.5, 0.6) is 5.75 Å². The standard InChI is InChI=1S/C14H19ClN2O/c1-5-14(2,3)17-10-7-6-8-11(18-4)13(10)16-12(17)9-15/h6-8H,5,9H2,1-4H3. The molecule has 0 amide bonds. The van der Waals surface area contributed by atoms with Crippen LogP contribution in [0.25, 0.3) is 11.0 Å². The molecule has 0 fully saturated rings. The summed E-state index contributed by atoms with van der Waals surface area (Å²) in [6, 6.07) is 5.98. The fourth-order valence-corrected chi connectivity index (χ4v) is 2.39. The van der Waals surface area contributed by atoms with E-state index in [0.717, 1.165) is 29.0 Å². The monoisotopic (exact) mass is 266 g/mol. The molecule has 1 aromatic heterocycles. The van der Waals surface area contributed by atoms with Crippen molar-refractivity contribution in [3.63, 3.8) is 0 Å². The molecule has 0 aliphatic heterocycles. The van der Waals surface area contributed by atoms with E-state index in [1.165, 1.54) is 0 Å². The van der Waals surface area contributed by atoms with Crippen LogP contribution in [0.4, 0.5) is 0 Å². The molecule has 0 spiro atoms. The maximum absolute atomic E-state index is 6.04. The third kappa shape index (κ3) is 1.97. The summed E-state index contributed by atoms with van der Waals surface area (Å²) in [5.41, 5.74) is 1.96. The maximum Gasteiger partial charge on any atom is 0.146 e. The van der Waals surface area contributed by atoms with Crippen molar-refractivity contribution in [3.05, 3.63) is 24.0 Å². The van der Waals surface area contributed by atoms with Crippen LogP contribution >= 0.6 is 11.6 Å². The molecule has 1 aromatic carbocycles. The third-order valence-corrected chi connectivity index (χ3v) is 3.77. The van der Waals surface area contributed by atoms with Gasteiger partial charge in [0, 0.05) is 5.54 Å². The lowest BCUT2D eigenvalue weighted by Crippen LogP contribution is -2.26. The number of halogens is 1. The van der Waals surface area contributed by atoms with Gasteiger partial charge >= 0.3 is 0 Å². The van der Waals surface area contributed by atoms with Crippen LogP contribution in [-0.4, -0.2) is 16.7 Å². The SMILES string of the molecule is CCC(C)(C)n1c(CCl)nc2c(OC)cccc21. The Hall–Kier alpha value is -1.22. The van der Waals surface area contributed by atoms with Gasteiger partial charge in [-0.25, -0.2) is 4.98 Å². The van der Waals surface area contributed by atoms with Gasteiger partial charge in [-0.1, -0.05) is 13.0 Å². The van der Waals surface area contributed by atoms with Crippen LogP contribution < -0.4 is 4.74 Å². The van der Waals surface area contributed by atoms with Gasteiger partial charge in [0.15, 0.2) is 0 Å². The lowest BCUT2D eigenvalue weighted by Gasteiger charge is -2.27.